The van der Waals surface area contributed by atoms with Crippen molar-refractivity contribution in [2.45, 2.75) is 43.0 Å². The average molecular weight is 649 g/mol. The second-order valence-corrected chi connectivity index (χ2v) is 11.5. The molecule has 0 unspecified atom stereocenters. The van der Waals surface area contributed by atoms with Gasteiger partial charge in [0.2, 0.25) is 5.91 Å². The number of carbonyl (C=O) groups is 1. The molecule has 0 bridgehead atoms. The van der Waals surface area contributed by atoms with Crippen LogP contribution in [-0.2, 0) is 20.4 Å². The number of allylic oxidation sites excluding steroid dienone is 4. The number of amidine groups is 1. The quantitative estimate of drug-likeness (QED) is 0.0743. The van der Waals surface area contributed by atoms with Gasteiger partial charge in [-0.2, -0.15) is 13.2 Å². The van der Waals surface area contributed by atoms with Crippen molar-refractivity contribution in [3.8, 4) is 0 Å². The lowest BCUT2D eigenvalue weighted by atomic mass is 9.97. The number of nitrogens with one attached hydrogen (secondary N) is 2. The van der Waals surface area contributed by atoms with Crippen molar-refractivity contribution in [1.29, 1.82) is 5.41 Å². The van der Waals surface area contributed by atoms with Gasteiger partial charge in [-0.1, -0.05) is 24.3 Å². The van der Waals surface area contributed by atoms with E-state index in [2.05, 4.69) is 11.9 Å². The Morgan fingerprint density at radius 1 is 1.23 bits per heavy atom. The van der Waals surface area contributed by atoms with Crippen molar-refractivity contribution < 1.29 is 36.2 Å². The van der Waals surface area contributed by atoms with Crippen LogP contribution in [0.4, 0.5) is 27.6 Å². The van der Waals surface area contributed by atoms with E-state index in [-0.39, 0.29) is 71.9 Å². The minimum Gasteiger partial charge on any atom is -0.382 e. The second kappa shape index (κ2) is 15.2. The predicted octanol–water partition coefficient (Wildman–Crippen LogP) is 6.60. The molecule has 0 aromatic heterocycles. The highest BCUT2D eigenvalue weighted by Crippen LogP contribution is 2.46. The molecule has 7 nitrogen and oxygen atoms in total. The number of hydrogen-bond acceptors (Lipinski definition) is 6. The van der Waals surface area contributed by atoms with Gasteiger partial charge in [0.1, 0.15) is 11.7 Å². The lowest BCUT2D eigenvalue weighted by Gasteiger charge is -2.45. The summed E-state index contributed by atoms with van der Waals surface area (Å²) >= 11 is 7.01. The van der Waals surface area contributed by atoms with E-state index in [1.807, 2.05) is 0 Å². The third-order valence-corrected chi connectivity index (χ3v) is 8.56. The first-order valence-corrected chi connectivity index (χ1v) is 14.7. The van der Waals surface area contributed by atoms with Crippen molar-refractivity contribution in [1.82, 2.24) is 9.80 Å². The van der Waals surface area contributed by atoms with E-state index >= 15 is 0 Å². The zero-order valence-electron chi connectivity index (χ0n) is 23.9. The number of piperazine rings is 1. The van der Waals surface area contributed by atoms with E-state index in [4.69, 9.17) is 26.5 Å². The number of thioether (sulfide) groups is 1. The maximum Gasteiger partial charge on any atom is 0.417 e. The molecule has 3 atom stereocenters. The second-order valence-electron chi connectivity index (χ2n) is 10.0. The van der Waals surface area contributed by atoms with E-state index in [0.717, 1.165) is 30.0 Å². The SMILES string of the molecule is C=CC(=O)N1C[C@H](C)N(C(=N)c2cc(C(F)(F)F)c(/C=C/C(Cl)=C(F)\C=C\F)c3c2N[C@@H](COCCOC)CS3)C[C@H]1C. The maximum atomic E-state index is 14.5. The summed E-state index contributed by atoms with van der Waals surface area (Å²) in [6.45, 7) is 8.52. The first kappa shape index (κ1) is 34.6. The molecule has 14 heteroatoms. The van der Waals surface area contributed by atoms with Gasteiger partial charge < -0.3 is 24.6 Å². The fourth-order valence-electron chi connectivity index (χ4n) is 4.83. The molecule has 43 heavy (non-hydrogen) atoms. The molecule has 1 saturated heterocycles. The van der Waals surface area contributed by atoms with E-state index in [1.165, 1.54) is 13.2 Å². The number of fused-ring (bicyclic) bond motifs is 1. The van der Waals surface area contributed by atoms with Gasteiger partial charge in [0.05, 0.1) is 48.5 Å². The van der Waals surface area contributed by atoms with Crippen LogP contribution in [0.1, 0.15) is 30.5 Å². The standard InChI is InChI=1S/C29H34ClF5N4O3S/c1-5-25(40)38-13-18(3)39(14-17(38)2)28(36)21-12-22(29(33,34)35)20(6-7-23(30)24(32)8-9-31)27-26(21)37-19(16-43-27)15-42-11-10-41-4/h5-9,12,17-19,36-37H,1,10-11,13-16H2,2-4H3/b7-6+,9-8+,24-23-,36-28?/t17-,18+,19+/m1/s1. The fraction of sp³-hybridized carbons (Fsp3) is 0.448. The molecule has 2 aliphatic heterocycles. The average Bonchev–Trinajstić information content (AvgIpc) is 2.97. The molecule has 0 aliphatic carbocycles. The molecule has 2 N–H and O–H groups in total. The number of hydrogen-bond donors (Lipinski definition) is 2. The van der Waals surface area contributed by atoms with Gasteiger partial charge in [0.25, 0.3) is 0 Å². The molecular weight excluding hydrogens is 615 g/mol. The van der Waals surface area contributed by atoms with Crippen molar-refractivity contribution in [2.75, 3.05) is 51.1 Å². The smallest absolute Gasteiger partial charge is 0.382 e. The molecule has 0 saturated carbocycles. The molecule has 0 spiro atoms. The van der Waals surface area contributed by atoms with E-state index in [1.54, 1.807) is 23.6 Å². The largest absolute Gasteiger partial charge is 0.417 e. The highest BCUT2D eigenvalue weighted by molar-refractivity contribution is 7.99. The number of ether oxygens (including phenoxy) is 2. The minimum absolute atomic E-state index is 0.0179. The van der Waals surface area contributed by atoms with Gasteiger partial charge >= 0.3 is 6.18 Å². The third-order valence-electron chi connectivity index (χ3n) is 6.97. The van der Waals surface area contributed by atoms with Crippen LogP contribution in [0.15, 0.2) is 53.0 Å². The Labute approximate surface area is 256 Å². The molecular formula is C29H34ClF5N4O3S. The third kappa shape index (κ3) is 8.40. The number of benzene rings is 1. The number of amides is 1. The number of anilines is 1. The minimum atomic E-state index is -4.84. The summed E-state index contributed by atoms with van der Waals surface area (Å²) in [7, 11) is 1.54. The van der Waals surface area contributed by atoms with Gasteiger partial charge in [-0.15, -0.1) is 11.8 Å². The molecule has 236 valence electrons. The van der Waals surface area contributed by atoms with Crippen LogP contribution < -0.4 is 5.32 Å². The summed E-state index contributed by atoms with van der Waals surface area (Å²) < 4.78 is 80.6. The lowest BCUT2D eigenvalue weighted by Crippen LogP contribution is -2.59. The van der Waals surface area contributed by atoms with E-state index in [0.29, 0.717) is 30.7 Å². The Kier molecular flexibility index (Phi) is 12.3. The summed E-state index contributed by atoms with van der Waals surface area (Å²) in [6.07, 6.45) is -1.28. The zero-order valence-corrected chi connectivity index (χ0v) is 25.5. The molecule has 1 aromatic rings. The van der Waals surface area contributed by atoms with Gasteiger partial charge in [-0.3, -0.25) is 10.2 Å². The number of rotatable bonds is 10. The Morgan fingerprint density at radius 3 is 2.53 bits per heavy atom. The number of carbonyl (C=O) groups excluding carboxylic acids is 1. The topological polar surface area (TPSA) is 77.9 Å². The zero-order chi connectivity index (χ0) is 31.9. The van der Waals surface area contributed by atoms with Gasteiger partial charge in [-0.25, -0.2) is 8.78 Å². The summed E-state index contributed by atoms with van der Waals surface area (Å²) in [5.41, 5.74) is -1.00. The Balaban J connectivity index is 2.13. The van der Waals surface area contributed by atoms with Gasteiger partial charge in [0.15, 0.2) is 0 Å². The number of nitrogens with zero attached hydrogens (tertiary/aromatic N) is 2. The fourth-order valence-corrected chi connectivity index (χ4v) is 6.15. The summed E-state index contributed by atoms with van der Waals surface area (Å²) in [5, 5.41) is 11.8. The van der Waals surface area contributed by atoms with E-state index < -0.39 is 22.6 Å². The normalized spacial score (nSPS) is 21.6. The number of methoxy groups -OCH3 is 1. The number of alkyl halides is 3. The lowest BCUT2D eigenvalue weighted by molar-refractivity contribution is -0.138. The van der Waals surface area contributed by atoms with E-state index in [9.17, 15) is 26.7 Å². The van der Waals surface area contributed by atoms with Crippen LogP contribution in [0.25, 0.3) is 6.08 Å². The maximum absolute atomic E-state index is 14.5. The van der Waals surface area contributed by atoms with Crippen molar-refractivity contribution in [2.24, 2.45) is 0 Å². The summed E-state index contributed by atoms with van der Waals surface area (Å²) in [4.78, 5) is 15.8. The molecule has 0 radical (unpaired) electrons. The Morgan fingerprint density at radius 2 is 1.91 bits per heavy atom. The molecule has 2 aliphatic rings. The van der Waals surface area contributed by atoms with Crippen LogP contribution in [-0.4, -0.2) is 85.4 Å². The first-order chi connectivity index (χ1) is 20.3. The molecule has 1 amide bonds. The highest BCUT2D eigenvalue weighted by atomic mass is 35.5. The van der Waals surface area contributed by atoms with Crippen LogP contribution in [0.3, 0.4) is 0 Å². The van der Waals surface area contributed by atoms with Crippen LogP contribution >= 0.6 is 23.4 Å². The van der Waals surface area contributed by atoms with Crippen LogP contribution in [0, 0.1) is 5.41 Å². The molecule has 1 aromatic carbocycles. The molecule has 3 rings (SSSR count). The highest BCUT2D eigenvalue weighted by Gasteiger charge is 2.40. The van der Waals surface area contributed by atoms with Crippen LogP contribution in [0.5, 0.6) is 0 Å². The van der Waals surface area contributed by atoms with Gasteiger partial charge in [0, 0.05) is 60.1 Å². The molecule has 2 heterocycles. The Bertz CT molecular complexity index is 1300. The van der Waals surface area contributed by atoms with Crippen molar-refractivity contribution in [3.63, 3.8) is 0 Å². The first-order valence-electron chi connectivity index (χ1n) is 13.4. The summed E-state index contributed by atoms with van der Waals surface area (Å²) in [6, 6.07) is -0.106. The predicted molar refractivity (Wildman–Crippen MR) is 160 cm³/mol. The van der Waals surface area contributed by atoms with Crippen molar-refractivity contribution in [3.05, 3.63) is 64.8 Å². The summed E-state index contributed by atoms with van der Waals surface area (Å²) in [5.74, 6) is -1.22. The Hall–Kier alpha value is -2.87. The monoisotopic (exact) mass is 648 g/mol. The molecule has 1 fully saturated rings. The van der Waals surface area contributed by atoms with Crippen molar-refractivity contribution >= 4 is 46.9 Å². The number of halogens is 6. The van der Waals surface area contributed by atoms with Crippen LogP contribution in [0.2, 0.25) is 0 Å². The van der Waals surface area contributed by atoms with Gasteiger partial charge in [-0.05, 0) is 32.1 Å².